The Kier molecular flexibility index (Phi) is 2.10. The van der Waals surface area contributed by atoms with Crippen LogP contribution in [0.15, 0.2) is 24.4 Å². The lowest BCUT2D eigenvalue weighted by Crippen LogP contribution is -2.54. The van der Waals surface area contributed by atoms with Gasteiger partial charge in [-0.15, -0.1) is 0 Å². The van der Waals surface area contributed by atoms with Crippen molar-refractivity contribution in [2.24, 2.45) is 5.92 Å². The molecule has 2 atom stereocenters. The molecule has 1 aromatic heterocycles. The molecule has 3 rings (SSSR count). The van der Waals surface area contributed by atoms with Crippen molar-refractivity contribution in [2.75, 3.05) is 6.54 Å². The van der Waals surface area contributed by atoms with Gasteiger partial charge >= 0.3 is 0 Å². The van der Waals surface area contributed by atoms with Gasteiger partial charge in [0.2, 0.25) is 0 Å². The van der Waals surface area contributed by atoms with Gasteiger partial charge in [0.05, 0.1) is 0 Å². The minimum absolute atomic E-state index is 0.600. The number of rotatable bonds is 1. The first-order chi connectivity index (χ1) is 7.34. The molecular formula is C13H16N2. The van der Waals surface area contributed by atoms with Crippen LogP contribution in [0.2, 0.25) is 0 Å². The topological polar surface area (TPSA) is 24.9 Å². The molecule has 0 aromatic carbocycles. The Bertz CT molecular complexity index is 392. The van der Waals surface area contributed by atoms with Gasteiger partial charge < -0.3 is 5.32 Å². The van der Waals surface area contributed by atoms with Crippen LogP contribution in [0.1, 0.15) is 24.1 Å². The molecule has 1 aromatic rings. The van der Waals surface area contributed by atoms with Crippen molar-refractivity contribution in [1.29, 1.82) is 0 Å². The largest absolute Gasteiger partial charge is 0.309 e. The Morgan fingerprint density at radius 2 is 2.33 bits per heavy atom. The number of aryl methyl sites for hydroxylation is 1. The zero-order valence-electron chi connectivity index (χ0n) is 9.03. The summed E-state index contributed by atoms with van der Waals surface area (Å²) in [6.07, 6.45) is 6.95. The molecule has 0 saturated carbocycles. The maximum absolute atomic E-state index is 4.37. The fourth-order valence-corrected chi connectivity index (χ4v) is 2.55. The summed E-state index contributed by atoms with van der Waals surface area (Å²) < 4.78 is 0. The van der Waals surface area contributed by atoms with Gasteiger partial charge in [-0.3, -0.25) is 4.98 Å². The van der Waals surface area contributed by atoms with Gasteiger partial charge in [0.1, 0.15) is 0 Å². The third-order valence-corrected chi connectivity index (χ3v) is 3.55. The second-order valence-corrected chi connectivity index (χ2v) is 4.57. The van der Waals surface area contributed by atoms with Crippen LogP contribution in [0.5, 0.6) is 0 Å². The standard InChI is InChI=1S/C13H16N2/c1-9-5-6-10(7-14-9)12-4-2-3-11-8-15-13(11)12/h4-7,11,13,15H,2-3,8H2,1H3/t11-,13+/m1/s1. The molecular weight excluding hydrogens is 184 g/mol. The van der Waals surface area contributed by atoms with E-state index in [2.05, 4.69) is 28.5 Å². The predicted octanol–water partition coefficient (Wildman–Crippen LogP) is 2.16. The van der Waals surface area contributed by atoms with E-state index in [1.807, 2.05) is 13.1 Å². The Labute approximate surface area is 90.4 Å². The van der Waals surface area contributed by atoms with E-state index in [1.54, 1.807) is 0 Å². The average molecular weight is 200 g/mol. The van der Waals surface area contributed by atoms with E-state index in [0.717, 1.165) is 11.6 Å². The van der Waals surface area contributed by atoms with Crippen molar-refractivity contribution in [3.05, 3.63) is 35.7 Å². The fraction of sp³-hybridized carbons (Fsp3) is 0.462. The molecule has 78 valence electrons. The Hall–Kier alpha value is -1.15. The molecule has 0 unspecified atom stereocenters. The second kappa shape index (κ2) is 3.46. The molecule has 2 heterocycles. The number of fused-ring (bicyclic) bond motifs is 1. The zero-order valence-corrected chi connectivity index (χ0v) is 9.03. The Morgan fingerprint density at radius 3 is 3.00 bits per heavy atom. The molecule has 0 amide bonds. The zero-order chi connectivity index (χ0) is 10.3. The molecule has 2 aliphatic rings. The summed E-state index contributed by atoms with van der Waals surface area (Å²) in [7, 11) is 0. The molecule has 2 heteroatoms. The summed E-state index contributed by atoms with van der Waals surface area (Å²) in [5.74, 6) is 0.867. The lowest BCUT2D eigenvalue weighted by molar-refractivity contribution is 0.262. The number of pyridine rings is 1. The monoisotopic (exact) mass is 200 g/mol. The summed E-state index contributed by atoms with van der Waals surface area (Å²) in [6, 6.07) is 4.89. The quantitative estimate of drug-likeness (QED) is 0.751. The highest BCUT2D eigenvalue weighted by molar-refractivity contribution is 5.71. The van der Waals surface area contributed by atoms with Crippen LogP contribution in [0.25, 0.3) is 5.57 Å². The van der Waals surface area contributed by atoms with Crippen LogP contribution in [0.3, 0.4) is 0 Å². The second-order valence-electron chi connectivity index (χ2n) is 4.57. The van der Waals surface area contributed by atoms with Gasteiger partial charge in [0.25, 0.3) is 0 Å². The first-order valence-corrected chi connectivity index (χ1v) is 5.71. The summed E-state index contributed by atoms with van der Waals surface area (Å²) in [6.45, 7) is 3.23. The third kappa shape index (κ3) is 1.49. The van der Waals surface area contributed by atoms with Crippen LogP contribution in [-0.4, -0.2) is 17.6 Å². The van der Waals surface area contributed by atoms with Crippen molar-refractivity contribution in [2.45, 2.75) is 25.8 Å². The SMILES string of the molecule is Cc1ccc(C2=CCC[C@@H]3CN[C@H]23)cn1. The molecule has 1 aliphatic heterocycles. The van der Waals surface area contributed by atoms with Crippen molar-refractivity contribution in [3.8, 4) is 0 Å². The Morgan fingerprint density at radius 1 is 1.40 bits per heavy atom. The molecule has 1 fully saturated rings. The minimum Gasteiger partial charge on any atom is -0.309 e. The highest BCUT2D eigenvalue weighted by Crippen LogP contribution is 2.35. The van der Waals surface area contributed by atoms with E-state index < -0.39 is 0 Å². The first kappa shape index (κ1) is 9.10. The molecule has 0 bridgehead atoms. The maximum atomic E-state index is 4.37. The fourth-order valence-electron chi connectivity index (χ4n) is 2.55. The molecule has 2 nitrogen and oxygen atoms in total. The van der Waals surface area contributed by atoms with Gasteiger partial charge in [-0.2, -0.15) is 0 Å². The highest BCUT2D eigenvalue weighted by atomic mass is 15.0. The minimum atomic E-state index is 0.600. The van der Waals surface area contributed by atoms with Crippen molar-refractivity contribution in [1.82, 2.24) is 10.3 Å². The van der Waals surface area contributed by atoms with Gasteiger partial charge in [0.15, 0.2) is 0 Å². The molecule has 1 saturated heterocycles. The van der Waals surface area contributed by atoms with E-state index in [-0.39, 0.29) is 0 Å². The van der Waals surface area contributed by atoms with E-state index in [9.17, 15) is 0 Å². The van der Waals surface area contributed by atoms with E-state index in [4.69, 9.17) is 0 Å². The van der Waals surface area contributed by atoms with Crippen molar-refractivity contribution < 1.29 is 0 Å². The van der Waals surface area contributed by atoms with Crippen LogP contribution >= 0.6 is 0 Å². The van der Waals surface area contributed by atoms with Crippen molar-refractivity contribution >= 4 is 5.57 Å². The van der Waals surface area contributed by atoms with Gasteiger partial charge in [-0.25, -0.2) is 0 Å². The molecule has 0 spiro atoms. The number of aromatic nitrogens is 1. The van der Waals surface area contributed by atoms with Gasteiger partial charge in [-0.05, 0) is 42.9 Å². The summed E-state index contributed by atoms with van der Waals surface area (Å²) in [5.41, 5.74) is 3.85. The third-order valence-electron chi connectivity index (χ3n) is 3.55. The van der Waals surface area contributed by atoms with Crippen molar-refractivity contribution in [3.63, 3.8) is 0 Å². The molecule has 0 radical (unpaired) electrons. The normalized spacial score (nSPS) is 29.0. The number of hydrogen-bond acceptors (Lipinski definition) is 2. The van der Waals surface area contributed by atoms with Gasteiger partial charge in [0, 0.05) is 24.5 Å². The number of allylic oxidation sites excluding steroid dienone is 1. The smallest absolute Gasteiger partial charge is 0.0373 e. The summed E-state index contributed by atoms with van der Waals surface area (Å²) in [4.78, 5) is 4.37. The van der Waals surface area contributed by atoms with E-state index in [0.29, 0.717) is 6.04 Å². The van der Waals surface area contributed by atoms with Crippen LogP contribution in [-0.2, 0) is 0 Å². The molecule has 1 N–H and O–H groups in total. The van der Waals surface area contributed by atoms with Crippen LogP contribution in [0.4, 0.5) is 0 Å². The van der Waals surface area contributed by atoms with E-state index >= 15 is 0 Å². The number of nitrogens with zero attached hydrogens (tertiary/aromatic N) is 1. The maximum Gasteiger partial charge on any atom is 0.0373 e. The van der Waals surface area contributed by atoms with E-state index in [1.165, 1.54) is 30.5 Å². The number of hydrogen-bond donors (Lipinski definition) is 1. The van der Waals surface area contributed by atoms with Gasteiger partial charge in [-0.1, -0.05) is 12.1 Å². The number of nitrogens with one attached hydrogen (secondary N) is 1. The molecule has 1 aliphatic carbocycles. The highest BCUT2D eigenvalue weighted by Gasteiger charge is 2.35. The lowest BCUT2D eigenvalue weighted by Gasteiger charge is -2.42. The summed E-state index contributed by atoms with van der Waals surface area (Å²) >= 11 is 0. The molecule has 15 heavy (non-hydrogen) atoms. The summed E-state index contributed by atoms with van der Waals surface area (Å²) in [5, 5.41) is 3.51. The average Bonchev–Trinajstić information content (AvgIpc) is 2.21. The lowest BCUT2D eigenvalue weighted by atomic mass is 9.76. The first-order valence-electron chi connectivity index (χ1n) is 5.71. The predicted molar refractivity (Wildman–Crippen MR) is 61.5 cm³/mol. The Balaban J connectivity index is 1.92. The van der Waals surface area contributed by atoms with Crippen LogP contribution in [0, 0.1) is 12.8 Å². The van der Waals surface area contributed by atoms with Crippen LogP contribution < -0.4 is 5.32 Å².